The highest BCUT2D eigenvalue weighted by Gasteiger charge is 2.18. The Morgan fingerprint density at radius 3 is 2.46 bits per heavy atom. The van der Waals surface area contributed by atoms with Crippen LogP contribution in [0.25, 0.3) is 0 Å². The molecule has 0 saturated carbocycles. The third-order valence-electron chi connectivity index (χ3n) is 4.18. The smallest absolute Gasteiger partial charge is 0.319 e. The fraction of sp³-hybridized carbons (Fsp3) is 0.632. The molecule has 0 radical (unpaired) electrons. The van der Waals surface area contributed by atoms with Crippen molar-refractivity contribution in [1.29, 1.82) is 0 Å². The number of nitrogens with one attached hydrogen (secondary N) is 2. The lowest BCUT2D eigenvalue weighted by molar-refractivity contribution is 0.186. The molecule has 0 saturated heterocycles. The Labute approximate surface area is 146 Å². The first-order chi connectivity index (χ1) is 11.4. The summed E-state index contributed by atoms with van der Waals surface area (Å²) in [6, 6.07) is 5.88. The van der Waals surface area contributed by atoms with Crippen molar-refractivity contribution in [1.82, 2.24) is 10.2 Å². The third-order valence-corrected chi connectivity index (χ3v) is 4.18. The first-order valence-corrected chi connectivity index (χ1v) is 8.84. The SMILES string of the molecule is CCN(CC)C(CNC(=O)Nc1ccc(C)cc1OC)CC(C)C. The number of hydrogen-bond donors (Lipinski definition) is 2. The Balaban J connectivity index is 2.65. The van der Waals surface area contributed by atoms with E-state index in [4.69, 9.17) is 4.74 Å². The quantitative estimate of drug-likeness (QED) is 0.720. The lowest BCUT2D eigenvalue weighted by Crippen LogP contribution is -2.45. The Hall–Kier alpha value is -1.75. The van der Waals surface area contributed by atoms with Crippen molar-refractivity contribution in [3.63, 3.8) is 0 Å². The zero-order valence-corrected chi connectivity index (χ0v) is 16.0. The molecule has 5 nitrogen and oxygen atoms in total. The third kappa shape index (κ3) is 6.40. The van der Waals surface area contributed by atoms with Crippen molar-refractivity contribution in [2.75, 3.05) is 32.1 Å². The van der Waals surface area contributed by atoms with Crippen LogP contribution in [0, 0.1) is 12.8 Å². The molecule has 2 amide bonds. The Morgan fingerprint density at radius 2 is 1.92 bits per heavy atom. The minimum Gasteiger partial charge on any atom is -0.495 e. The lowest BCUT2D eigenvalue weighted by atomic mass is 10.0. The summed E-state index contributed by atoms with van der Waals surface area (Å²) in [6.07, 6.45) is 1.07. The highest BCUT2D eigenvalue weighted by molar-refractivity contribution is 5.91. The molecular formula is C19H33N3O2. The zero-order valence-electron chi connectivity index (χ0n) is 16.0. The van der Waals surface area contributed by atoms with Crippen molar-refractivity contribution in [3.8, 4) is 5.75 Å². The second-order valence-corrected chi connectivity index (χ2v) is 6.54. The number of urea groups is 1. The van der Waals surface area contributed by atoms with E-state index < -0.39 is 0 Å². The van der Waals surface area contributed by atoms with Gasteiger partial charge < -0.3 is 15.4 Å². The van der Waals surface area contributed by atoms with Crippen molar-refractivity contribution in [2.24, 2.45) is 5.92 Å². The van der Waals surface area contributed by atoms with Gasteiger partial charge in [-0.2, -0.15) is 0 Å². The van der Waals surface area contributed by atoms with Gasteiger partial charge in [0.05, 0.1) is 12.8 Å². The van der Waals surface area contributed by atoms with Gasteiger partial charge in [-0.05, 0) is 50.0 Å². The molecule has 0 aliphatic rings. The van der Waals surface area contributed by atoms with E-state index in [-0.39, 0.29) is 6.03 Å². The summed E-state index contributed by atoms with van der Waals surface area (Å²) in [5, 5.41) is 5.88. The van der Waals surface area contributed by atoms with Crippen molar-refractivity contribution >= 4 is 11.7 Å². The van der Waals surface area contributed by atoms with Gasteiger partial charge in [0.1, 0.15) is 5.75 Å². The molecule has 0 aromatic heterocycles. The molecule has 0 fully saturated rings. The van der Waals surface area contributed by atoms with Crippen LogP contribution in [0.15, 0.2) is 18.2 Å². The van der Waals surface area contributed by atoms with E-state index in [2.05, 4.69) is 43.2 Å². The van der Waals surface area contributed by atoms with Crippen LogP contribution in [0.5, 0.6) is 5.75 Å². The minimum absolute atomic E-state index is 0.196. The number of carbonyl (C=O) groups is 1. The molecule has 24 heavy (non-hydrogen) atoms. The molecule has 5 heteroatoms. The molecule has 1 aromatic carbocycles. The monoisotopic (exact) mass is 335 g/mol. The van der Waals surface area contributed by atoms with Crippen molar-refractivity contribution < 1.29 is 9.53 Å². The summed E-state index contributed by atoms with van der Waals surface area (Å²) in [7, 11) is 1.61. The maximum atomic E-state index is 12.3. The van der Waals surface area contributed by atoms with E-state index in [9.17, 15) is 4.79 Å². The second-order valence-electron chi connectivity index (χ2n) is 6.54. The number of benzene rings is 1. The summed E-state index contributed by atoms with van der Waals surface area (Å²) >= 11 is 0. The van der Waals surface area contributed by atoms with Gasteiger partial charge >= 0.3 is 6.03 Å². The standard InChI is InChI=1S/C19H33N3O2/c1-7-22(8-2)16(11-14(3)4)13-20-19(23)21-17-10-9-15(5)12-18(17)24-6/h9-10,12,14,16H,7-8,11,13H2,1-6H3,(H2,20,21,23). The van der Waals surface area contributed by atoms with E-state index in [1.54, 1.807) is 7.11 Å². The van der Waals surface area contributed by atoms with Crippen LogP contribution in [0.1, 0.15) is 39.7 Å². The Morgan fingerprint density at radius 1 is 1.25 bits per heavy atom. The fourth-order valence-corrected chi connectivity index (χ4v) is 2.92. The molecule has 0 aliphatic heterocycles. The van der Waals surface area contributed by atoms with Gasteiger partial charge in [-0.3, -0.25) is 4.90 Å². The van der Waals surface area contributed by atoms with Gasteiger partial charge in [0.25, 0.3) is 0 Å². The summed E-state index contributed by atoms with van der Waals surface area (Å²) in [6.45, 7) is 13.4. The van der Waals surface area contributed by atoms with Crippen LogP contribution < -0.4 is 15.4 Å². The topological polar surface area (TPSA) is 53.6 Å². The highest BCUT2D eigenvalue weighted by Crippen LogP contribution is 2.25. The number of anilines is 1. The number of amides is 2. The van der Waals surface area contributed by atoms with Crippen LogP contribution in [-0.4, -0.2) is 43.7 Å². The molecule has 1 atom stereocenters. The molecule has 0 aliphatic carbocycles. The number of carbonyl (C=O) groups excluding carboxylic acids is 1. The van der Waals surface area contributed by atoms with Gasteiger partial charge in [0, 0.05) is 12.6 Å². The maximum Gasteiger partial charge on any atom is 0.319 e. The predicted octanol–water partition coefficient (Wildman–Crippen LogP) is 3.88. The van der Waals surface area contributed by atoms with E-state index in [1.807, 2.05) is 25.1 Å². The molecule has 1 rings (SSSR count). The number of methoxy groups -OCH3 is 1. The minimum atomic E-state index is -0.196. The van der Waals surface area contributed by atoms with Crippen LogP contribution in [0.4, 0.5) is 10.5 Å². The largest absolute Gasteiger partial charge is 0.495 e. The predicted molar refractivity (Wildman–Crippen MR) is 101 cm³/mol. The highest BCUT2D eigenvalue weighted by atomic mass is 16.5. The number of nitrogens with zero attached hydrogens (tertiary/aromatic N) is 1. The van der Waals surface area contributed by atoms with E-state index in [0.717, 1.165) is 25.1 Å². The summed E-state index contributed by atoms with van der Waals surface area (Å²) < 4.78 is 5.33. The average Bonchev–Trinajstić information content (AvgIpc) is 2.54. The van der Waals surface area contributed by atoms with E-state index in [0.29, 0.717) is 29.9 Å². The Kier molecular flexibility index (Phi) is 8.61. The number of hydrogen-bond acceptors (Lipinski definition) is 3. The zero-order chi connectivity index (χ0) is 18.1. The Bertz CT molecular complexity index is 513. The van der Waals surface area contributed by atoms with Crippen LogP contribution in [-0.2, 0) is 0 Å². The van der Waals surface area contributed by atoms with Gasteiger partial charge in [-0.15, -0.1) is 0 Å². The van der Waals surface area contributed by atoms with Crippen LogP contribution in [0.2, 0.25) is 0 Å². The average molecular weight is 335 g/mol. The number of rotatable bonds is 9. The van der Waals surface area contributed by atoms with E-state index >= 15 is 0 Å². The molecule has 136 valence electrons. The fourth-order valence-electron chi connectivity index (χ4n) is 2.92. The number of ether oxygens (including phenoxy) is 1. The van der Waals surface area contributed by atoms with Crippen LogP contribution in [0.3, 0.4) is 0 Å². The van der Waals surface area contributed by atoms with Crippen molar-refractivity contribution in [2.45, 2.75) is 47.1 Å². The van der Waals surface area contributed by atoms with Gasteiger partial charge in [-0.1, -0.05) is 33.8 Å². The summed E-state index contributed by atoms with van der Waals surface area (Å²) in [5.74, 6) is 1.27. The number of likely N-dealkylation sites (N-methyl/N-ethyl adjacent to an activating group) is 1. The van der Waals surface area contributed by atoms with Gasteiger partial charge in [0.2, 0.25) is 0 Å². The maximum absolute atomic E-state index is 12.3. The second kappa shape index (κ2) is 10.2. The molecular weight excluding hydrogens is 302 g/mol. The van der Waals surface area contributed by atoms with Crippen LogP contribution >= 0.6 is 0 Å². The molecule has 1 unspecified atom stereocenters. The van der Waals surface area contributed by atoms with Gasteiger partial charge in [-0.25, -0.2) is 4.79 Å². The summed E-state index contributed by atoms with van der Waals surface area (Å²) in [4.78, 5) is 14.7. The molecule has 1 aromatic rings. The normalized spacial score (nSPS) is 12.3. The summed E-state index contributed by atoms with van der Waals surface area (Å²) in [5.41, 5.74) is 1.78. The lowest BCUT2D eigenvalue weighted by Gasteiger charge is -2.31. The number of aryl methyl sites for hydroxylation is 1. The molecule has 2 N–H and O–H groups in total. The van der Waals surface area contributed by atoms with Crippen molar-refractivity contribution in [3.05, 3.63) is 23.8 Å². The first kappa shape index (κ1) is 20.3. The van der Waals surface area contributed by atoms with Gasteiger partial charge in [0.15, 0.2) is 0 Å². The first-order valence-electron chi connectivity index (χ1n) is 8.84. The molecule has 0 heterocycles. The molecule has 0 spiro atoms. The molecule has 0 bridgehead atoms. The van der Waals surface area contributed by atoms with E-state index in [1.165, 1.54) is 0 Å².